The maximum atomic E-state index is 11.9. The summed E-state index contributed by atoms with van der Waals surface area (Å²) in [4.78, 5) is 33.9. The molecule has 0 aliphatic carbocycles. The van der Waals surface area contributed by atoms with Gasteiger partial charge in [0.05, 0.1) is 0 Å². The Morgan fingerprint density at radius 3 is 2.61 bits per heavy atom. The van der Waals surface area contributed by atoms with Crippen LogP contribution in [0.2, 0.25) is 0 Å². The van der Waals surface area contributed by atoms with E-state index in [4.69, 9.17) is 18.6 Å². The molecule has 1 amide bonds. The van der Waals surface area contributed by atoms with Crippen molar-refractivity contribution in [2.45, 2.75) is 38.4 Å². The highest BCUT2D eigenvalue weighted by Crippen LogP contribution is 2.27. The SMILES string of the molecule is CC(=O)Nc1cc2ccc(O[C@@H]3O[C@H](COC(C)=O)C(O)[C@@H]3O)cc2oc1=O. The standard InChI is InChI=1S/C18H19NO9/c1-8(20)19-12-5-10-3-4-11(6-13(10)27-17(12)24)26-18-16(23)15(22)14(28-18)7-25-9(2)21/h3-6,14-16,18,22-23H,7H2,1-2H3,(H,19,20)/t14-,15?,16+,18-/m1/s1. The van der Waals surface area contributed by atoms with Crippen LogP contribution in [-0.2, 0) is 19.1 Å². The van der Waals surface area contributed by atoms with E-state index in [2.05, 4.69) is 5.32 Å². The third-order valence-corrected chi connectivity index (χ3v) is 4.04. The van der Waals surface area contributed by atoms with Gasteiger partial charge in [-0.3, -0.25) is 9.59 Å². The lowest BCUT2D eigenvalue weighted by Crippen LogP contribution is -2.36. The largest absolute Gasteiger partial charge is 0.463 e. The van der Waals surface area contributed by atoms with E-state index in [9.17, 15) is 24.6 Å². The topological polar surface area (TPSA) is 145 Å². The number of carbonyl (C=O) groups is 2. The summed E-state index contributed by atoms with van der Waals surface area (Å²) in [6, 6.07) is 6.01. The van der Waals surface area contributed by atoms with Crippen molar-refractivity contribution >= 4 is 28.5 Å². The number of aliphatic hydroxyl groups is 2. The molecule has 0 radical (unpaired) electrons. The molecule has 1 aromatic carbocycles. The number of amides is 1. The monoisotopic (exact) mass is 393 g/mol. The Morgan fingerprint density at radius 1 is 1.18 bits per heavy atom. The summed E-state index contributed by atoms with van der Waals surface area (Å²) < 4.78 is 20.9. The fourth-order valence-corrected chi connectivity index (χ4v) is 2.72. The molecule has 28 heavy (non-hydrogen) atoms. The Hall–Kier alpha value is -2.95. The molecule has 150 valence electrons. The number of ether oxygens (including phenoxy) is 3. The number of aliphatic hydroxyl groups excluding tert-OH is 2. The van der Waals surface area contributed by atoms with Crippen molar-refractivity contribution in [1.29, 1.82) is 0 Å². The fourth-order valence-electron chi connectivity index (χ4n) is 2.72. The van der Waals surface area contributed by atoms with Gasteiger partial charge in [0.15, 0.2) is 0 Å². The average Bonchev–Trinajstić information content (AvgIpc) is 2.88. The summed E-state index contributed by atoms with van der Waals surface area (Å²) in [6.07, 6.45) is -4.82. The van der Waals surface area contributed by atoms with Crippen LogP contribution in [0.15, 0.2) is 33.5 Å². The van der Waals surface area contributed by atoms with E-state index in [0.29, 0.717) is 5.39 Å². The Morgan fingerprint density at radius 2 is 1.93 bits per heavy atom. The summed E-state index contributed by atoms with van der Waals surface area (Å²) in [5, 5.41) is 23.0. The van der Waals surface area contributed by atoms with Crippen molar-refractivity contribution in [3.63, 3.8) is 0 Å². The van der Waals surface area contributed by atoms with Crippen LogP contribution in [0, 0.1) is 0 Å². The normalized spacial score (nSPS) is 24.1. The highest BCUT2D eigenvalue weighted by atomic mass is 16.7. The zero-order chi connectivity index (χ0) is 20.4. The molecule has 0 saturated carbocycles. The van der Waals surface area contributed by atoms with Gasteiger partial charge in [-0.25, -0.2) is 4.79 Å². The van der Waals surface area contributed by atoms with Gasteiger partial charge in [0, 0.05) is 25.3 Å². The Kier molecular flexibility index (Phi) is 5.63. The van der Waals surface area contributed by atoms with E-state index in [1.165, 1.54) is 26.0 Å². The lowest BCUT2D eigenvalue weighted by molar-refractivity contribution is -0.151. The van der Waals surface area contributed by atoms with Gasteiger partial charge in [-0.2, -0.15) is 0 Å². The highest BCUT2D eigenvalue weighted by Gasteiger charge is 2.44. The molecular formula is C18H19NO9. The average molecular weight is 393 g/mol. The number of anilines is 1. The van der Waals surface area contributed by atoms with Crippen LogP contribution in [0.4, 0.5) is 5.69 Å². The van der Waals surface area contributed by atoms with Crippen LogP contribution in [0.5, 0.6) is 5.75 Å². The fraction of sp³-hybridized carbons (Fsp3) is 0.389. The number of hydrogen-bond donors (Lipinski definition) is 3. The highest BCUT2D eigenvalue weighted by molar-refractivity contribution is 5.91. The van der Waals surface area contributed by atoms with Crippen LogP contribution in [0.1, 0.15) is 13.8 Å². The first-order valence-corrected chi connectivity index (χ1v) is 8.41. The third kappa shape index (κ3) is 4.30. The maximum absolute atomic E-state index is 11.9. The van der Waals surface area contributed by atoms with Crippen LogP contribution in [-0.4, -0.2) is 53.3 Å². The number of esters is 1. The first-order chi connectivity index (χ1) is 13.2. The van der Waals surface area contributed by atoms with Crippen LogP contribution in [0.25, 0.3) is 11.0 Å². The molecule has 3 N–H and O–H groups in total. The van der Waals surface area contributed by atoms with Gasteiger partial charge in [0.25, 0.3) is 0 Å². The summed E-state index contributed by atoms with van der Waals surface area (Å²) in [6.45, 7) is 2.26. The van der Waals surface area contributed by atoms with E-state index in [-0.39, 0.29) is 23.6 Å². The van der Waals surface area contributed by atoms with Crippen LogP contribution < -0.4 is 15.7 Å². The molecule has 10 heteroatoms. The molecule has 3 rings (SSSR count). The smallest absolute Gasteiger partial charge is 0.360 e. The number of hydrogen-bond acceptors (Lipinski definition) is 9. The van der Waals surface area contributed by atoms with Gasteiger partial charge in [-0.1, -0.05) is 0 Å². The second-order valence-electron chi connectivity index (χ2n) is 6.27. The second kappa shape index (κ2) is 7.97. The lowest BCUT2D eigenvalue weighted by Gasteiger charge is -2.17. The van der Waals surface area contributed by atoms with Crippen molar-refractivity contribution in [3.8, 4) is 5.75 Å². The summed E-state index contributed by atoms with van der Waals surface area (Å²) in [5.74, 6) is -0.731. The molecule has 1 saturated heterocycles. The predicted octanol–water partition coefficient (Wildman–Crippen LogP) is 0.140. The minimum Gasteiger partial charge on any atom is -0.463 e. The Bertz CT molecular complexity index is 954. The van der Waals surface area contributed by atoms with Gasteiger partial charge in [-0.15, -0.1) is 0 Å². The van der Waals surface area contributed by atoms with Gasteiger partial charge in [0.2, 0.25) is 12.2 Å². The molecule has 2 aromatic rings. The quantitative estimate of drug-likeness (QED) is 0.477. The van der Waals surface area contributed by atoms with E-state index in [0.717, 1.165) is 0 Å². The molecular weight excluding hydrogens is 374 g/mol. The molecule has 4 atom stereocenters. The third-order valence-electron chi connectivity index (χ3n) is 4.04. The van der Waals surface area contributed by atoms with E-state index < -0.39 is 42.1 Å². The van der Waals surface area contributed by atoms with E-state index in [1.54, 1.807) is 12.1 Å². The van der Waals surface area contributed by atoms with Crippen molar-refractivity contribution in [1.82, 2.24) is 0 Å². The predicted molar refractivity (Wildman–Crippen MR) is 94.7 cm³/mol. The number of benzene rings is 1. The first-order valence-electron chi connectivity index (χ1n) is 8.41. The first kappa shape index (κ1) is 19.8. The van der Waals surface area contributed by atoms with E-state index in [1.807, 2.05) is 0 Å². The zero-order valence-electron chi connectivity index (χ0n) is 15.1. The summed E-state index contributed by atoms with van der Waals surface area (Å²) in [5.41, 5.74) is -0.519. The van der Waals surface area contributed by atoms with Crippen molar-refractivity contribution in [2.24, 2.45) is 0 Å². The van der Waals surface area contributed by atoms with Crippen molar-refractivity contribution in [2.75, 3.05) is 11.9 Å². The maximum Gasteiger partial charge on any atom is 0.360 e. The van der Waals surface area contributed by atoms with Gasteiger partial charge < -0.3 is 34.2 Å². The van der Waals surface area contributed by atoms with Crippen molar-refractivity contribution < 1.29 is 38.4 Å². The number of rotatable bonds is 5. The number of fused-ring (bicyclic) bond motifs is 1. The van der Waals surface area contributed by atoms with Gasteiger partial charge >= 0.3 is 11.6 Å². The molecule has 1 unspecified atom stereocenters. The number of nitrogens with one attached hydrogen (secondary N) is 1. The summed E-state index contributed by atoms with van der Waals surface area (Å²) in [7, 11) is 0. The van der Waals surface area contributed by atoms with Gasteiger partial charge in [-0.05, 0) is 18.2 Å². The van der Waals surface area contributed by atoms with Crippen LogP contribution in [0.3, 0.4) is 0 Å². The van der Waals surface area contributed by atoms with Crippen molar-refractivity contribution in [3.05, 3.63) is 34.7 Å². The Balaban J connectivity index is 1.76. The molecule has 2 heterocycles. The minimum atomic E-state index is -1.37. The van der Waals surface area contributed by atoms with Crippen LogP contribution >= 0.6 is 0 Å². The zero-order valence-corrected chi connectivity index (χ0v) is 15.1. The number of carbonyl (C=O) groups excluding carboxylic acids is 2. The molecule has 0 bridgehead atoms. The van der Waals surface area contributed by atoms with Gasteiger partial charge in [0.1, 0.15) is 41.9 Å². The lowest BCUT2D eigenvalue weighted by atomic mass is 10.1. The molecule has 1 fully saturated rings. The molecule has 1 aliphatic heterocycles. The molecule has 0 spiro atoms. The molecule has 1 aliphatic rings. The minimum absolute atomic E-state index is 0.0136. The summed E-state index contributed by atoms with van der Waals surface area (Å²) >= 11 is 0. The van der Waals surface area contributed by atoms with E-state index >= 15 is 0 Å². The molecule has 10 nitrogen and oxygen atoms in total. The Labute approximate surface area is 158 Å². The second-order valence-corrected chi connectivity index (χ2v) is 6.27. The molecule has 1 aromatic heterocycles.